The quantitative estimate of drug-likeness (QED) is 0.722. The molecule has 0 radical (unpaired) electrons. The first-order valence-corrected chi connectivity index (χ1v) is 5.05. The molecular formula is C9H14BrN3O. The Morgan fingerprint density at radius 2 is 2.29 bits per heavy atom. The number of aliphatic hydroxyl groups is 1. The molecule has 5 heteroatoms. The Labute approximate surface area is 91.7 Å². The molecular weight excluding hydrogens is 246 g/mol. The van der Waals surface area contributed by atoms with E-state index in [9.17, 15) is 5.11 Å². The Balaban J connectivity index is 2.72. The van der Waals surface area contributed by atoms with E-state index >= 15 is 0 Å². The van der Waals surface area contributed by atoms with Crippen LogP contribution in [0.4, 0.5) is 11.4 Å². The number of halogens is 1. The number of nitrogen functional groups attached to an aromatic ring is 1. The minimum atomic E-state index is -0.762. The van der Waals surface area contributed by atoms with Gasteiger partial charge in [0, 0.05) is 6.54 Å². The van der Waals surface area contributed by atoms with Gasteiger partial charge in [-0.25, -0.2) is 4.98 Å². The SMILES string of the molecule is CC(C)(O)CNc1cc(Br)ncc1N. The van der Waals surface area contributed by atoms with Gasteiger partial charge in [0.1, 0.15) is 4.60 Å². The van der Waals surface area contributed by atoms with E-state index in [-0.39, 0.29) is 0 Å². The molecule has 1 aromatic rings. The Morgan fingerprint density at radius 3 is 2.86 bits per heavy atom. The number of rotatable bonds is 3. The standard InChI is InChI=1S/C9H14BrN3O/c1-9(2,14)5-13-7-3-8(10)12-4-6(7)11/h3-4,14H,5,11H2,1-2H3,(H,12,13). The highest BCUT2D eigenvalue weighted by molar-refractivity contribution is 9.10. The molecule has 78 valence electrons. The van der Waals surface area contributed by atoms with Gasteiger partial charge in [-0.15, -0.1) is 0 Å². The normalized spacial score (nSPS) is 11.4. The second-order valence-corrected chi connectivity index (χ2v) is 4.57. The van der Waals surface area contributed by atoms with Crippen LogP contribution >= 0.6 is 15.9 Å². The van der Waals surface area contributed by atoms with E-state index in [2.05, 4.69) is 26.2 Å². The topological polar surface area (TPSA) is 71.2 Å². The van der Waals surface area contributed by atoms with E-state index in [4.69, 9.17) is 5.73 Å². The third-order valence-corrected chi connectivity index (χ3v) is 2.05. The largest absolute Gasteiger partial charge is 0.396 e. The lowest BCUT2D eigenvalue weighted by Crippen LogP contribution is -2.29. The van der Waals surface area contributed by atoms with Gasteiger partial charge in [-0.3, -0.25) is 0 Å². The highest BCUT2D eigenvalue weighted by Gasteiger charge is 2.12. The lowest BCUT2D eigenvalue weighted by atomic mass is 10.1. The molecule has 0 aliphatic carbocycles. The Kier molecular flexibility index (Phi) is 3.34. The monoisotopic (exact) mass is 259 g/mol. The average molecular weight is 260 g/mol. The first-order chi connectivity index (χ1) is 6.38. The van der Waals surface area contributed by atoms with Crippen LogP contribution in [0.5, 0.6) is 0 Å². The first kappa shape index (κ1) is 11.3. The van der Waals surface area contributed by atoms with Gasteiger partial charge in [-0.1, -0.05) is 0 Å². The molecule has 4 nitrogen and oxygen atoms in total. The molecule has 0 saturated heterocycles. The maximum atomic E-state index is 9.51. The summed E-state index contributed by atoms with van der Waals surface area (Å²) < 4.78 is 0.713. The molecule has 0 aliphatic rings. The fraction of sp³-hybridized carbons (Fsp3) is 0.444. The van der Waals surface area contributed by atoms with Crippen LogP contribution in [0, 0.1) is 0 Å². The summed E-state index contributed by atoms with van der Waals surface area (Å²) in [4.78, 5) is 3.97. The molecule has 0 spiro atoms. The third kappa shape index (κ3) is 3.51. The molecule has 14 heavy (non-hydrogen) atoms. The Hall–Kier alpha value is -0.810. The summed E-state index contributed by atoms with van der Waals surface area (Å²) in [5.41, 5.74) is 6.27. The third-order valence-electron chi connectivity index (χ3n) is 1.61. The van der Waals surface area contributed by atoms with Crippen LogP contribution in [0.25, 0.3) is 0 Å². The van der Waals surface area contributed by atoms with Crippen molar-refractivity contribution >= 4 is 27.3 Å². The van der Waals surface area contributed by atoms with Gasteiger partial charge in [0.25, 0.3) is 0 Å². The van der Waals surface area contributed by atoms with Crippen LogP contribution in [-0.4, -0.2) is 22.2 Å². The molecule has 0 bridgehead atoms. The minimum absolute atomic E-state index is 0.438. The molecule has 0 aromatic carbocycles. The van der Waals surface area contributed by atoms with Gasteiger partial charge < -0.3 is 16.2 Å². The number of nitrogens with one attached hydrogen (secondary N) is 1. The molecule has 0 fully saturated rings. The van der Waals surface area contributed by atoms with Gasteiger partial charge in [0.05, 0.1) is 23.2 Å². The number of hydrogen-bond donors (Lipinski definition) is 3. The summed E-state index contributed by atoms with van der Waals surface area (Å²) >= 11 is 3.25. The molecule has 1 aromatic heterocycles. The highest BCUT2D eigenvalue weighted by atomic mass is 79.9. The van der Waals surface area contributed by atoms with Crippen molar-refractivity contribution in [2.24, 2.45) is 0 Å². The molecule has 0 aliphatic heterocycles. The number of anilines is 2. The number of pyridine rings is 1. The maximum Gasteiger partial charge on any atom is 0.108 e. The second-order valence-electron chi connectivity index (χ2n) is 3.76. The van der Waals surface area contributed by atoms with Gasteiger partial charge in [0.2, 0.25) is 0 Å². The number of aromatic nitrogens is 1. The smallest absolute Gasteiger partial charge is 0.108 e. The van der Waals surface area contributed by atoms with E-state index in [1.165, 1.54) is 0 Å². The fourth-order valence-corrected chi connectivity index (χ4v) is 1.24. The van der Waals surface area contributed by atoms with Crippen LogP contribution in [0.1, 0.15) is 13.8 Å². The lowest BCUT2D eigenvalue weighted by Gasteiger charge is -2.19. The molecule has 0 unspecified atom stereocenters. The molecule has 0 saturated carbocycles. The van der Waals surface area contributed by atoms with Gasteiger partial charge in [-0.05, 0) is 35.8 Å². The number of nitrogens with zero attached hydrogens (tertiary/aromatic N) is 1. The second kappa shape index (κ2) is 4.14. The van der Waals surface area contributed by atoms with Crippen molar-refractivity contribution in [3.63, 3.8) is 0 Å². The van der Waals surface area contributed by atoms with Crippen molar-refractivity contribution in [3.8, 4) is 0 Å². The average Bonchev–Trinajstić information content (AvgIpc) is 2.05. The van der Waals surface area contributed by atoms with Crippen LogP contribution in [0.2, 0.25) is 0 Å². The molecule has 1 rings (SSSR count). The highest BCUT2D eigenvalue weighted by Crippen LogP contribution is 2.21. The van der Waals surface area contributed by atoms with Crippen molar-refractivity contribution < 1.29 is 5.11 Å². The zero-order chi connectivity index (χ0) is 10.8. The van der Waals surface area contributed by atoms with Gasteiger partial charge in [0.15, 0.2) is 0 Å². The molecule has 1 heterocycles. The van der Waals surface area contributed by atoms with Crippen molar-refractivity contribution in [1.82, 2.24) is 4.98 Å². The Morgan fingerprint density at radius 1 is 1.64 bits per heavy atom. The molecule has 0 atom stereocenters. The van der Waals surface area contributed by atoms with Crippen molar-refractivity contribution in [2.45, 2.75) is 19.4 Å². The summed E-state index contributed by atoms with van der Waals surface area (Å²) in [5.74, 6) is 0. The first-order valence-electron chi connectivity index (χ1n) is 4.26. The van der Waals surface area contributed by atoms with Crippen LogP contribution < -0.4 is 11.1 Å². The van der Waals surface area contributed by atoms with Gasteiger partial charge in [-0.2, -0.15) is 0 Å². The van der Waals surface area contributed by atoms with Crippen LogP contribution in [0.3, 0.4) is 0 Å². The van der Waals surface area contributed by atoms with Gasteiger partial charge >= 0.3 is 0 Å². The van der Waals surface area contributed by atoms with Crippen LogP contribution in [0.15, 0.2) is 16.9 Å². The molecule has 0 amide bonds. The number of hydrogen-bond acceptors (Lipinski definition) is 4. The lowest BCUT2D eigenvalue weighted by molar-refractivity contribution is 0.0945. The van der Waals surface area contributed by atoms with E-state index in [1.54, 1.807) is 26.1 Å². The fourth-order valence-electron chi connectivity index (χ4n) is 0.905. The van der Waals surface area contributed by atoms with E-state index in [0.717, 1.165) is 5.69 Å². The Bertz CT molecular complexity index is 322. The van der Waals surface area contributed by atoms with Crippen LogP contribution in [-0.2, 0) is 0 Å². The van der Waals surface area contributed by atoms with E-state index in [1.807, 2.05) is 0 Å². The van der Waals surface area contributed by atoms with E-state index in [0.29, 0.717) is 16.8 Å². The van der Waals surface area contributed by atoms with E-state index < -0.39 is 5.60 Å². The summed E-state index contributed by atoms with van der Waals surface area (Å²) in [6.45, 7) is 3.90. The predicted molar refractivity (Wildman–Crippen MR) is 61.1 cm³/mol. The minimum Gasteiger partial charge on any atom is -0.396 e. The summed E-state index contributed by atoms with van der Waals surface area (Å²) in [5, 5.41) is 12.6. The van der Waals surface area contributed by atoms with Crippen molar-refractivity contribution in [1.29, 1.82) is 0 Å². The summed E-state index contributed by atoms with van der Waals surface area (Å²) in [6.07, 6.45) is 1.57. The zero-order valence-corrected chi connectivity index (χ0v) is 9.80. The predicted octanol–water partition coefficient (Wildman–Crippen LogP) is 1.61. The number of nitrogens with two attached hydrogens (primary N) is 1. The zero-order valence-electron chi connectivity index (χ0n) is 8.21. The molecule has 4 N–H and O–H groups in total. The summed E-state index contributed by atoms with van der Waals surface area (Å²) in [6, 6.07) is 1.78. The summed E-state index contributed by atoms with van der Waals surface area (Å²) in [7, 11) is 0. The van der Waals surface area contributed by atoms with Crippen molar-refractivity contribution in [2.75, 3.05) is 17.6 Å². The van der Waals surface area contributed by atoms with Crippen molar-refractivity contribution in [3.05, 3.63) is 16.9 Å². The maximum absolute atomic E-state index is 9.51.